The first-order chi connectivity index (χ1) is 12.2. The van der Waals surface area contributed by atoms with Crippen molar-refractivity contribution in [3.63, 3.8) is 0 Å². The molecule has 1 aromatic heterocycles. The molecule has 0 saturated carbocycles. The minimum Gasteiger partial charge on any atom is -0.497 e. The molecule has 1 aromatic carbocycles. The summed E-state index contributed by atoms with van der Waals surface area (Å²) in [6.45, 7) is 4.51. The molecule has 0 aliphatic carbocycles. The van der Waals surface area contributed by atoms with Crippen LogP contribution in [0.3, 0.4) is 0 Å². The molecule has 1 aliphatic rings. The Kier molecular flexibility index (Phi) is 5.60. The molecule has 6 nitrogen and oxygen atoms in total. The average molecular weight is 343 g/mol. The molecule has 0 unspecified atom stereocenters. The lowest BCUT2D eigenvalue weighted by Crippen LogP contribution is -2.49. The predicted octanol–water partition coefficient (Wildman–Crippen LogP) is 2.07. The van der Waals surface area contributed by atoms with E-state index < -0.39 is 0 Å². The molecule has 1 fully saturated rings. The van der Waals surface area contributed by atoms with Gasteiger partial charge in [-0.3, -0.25) is 9.69 Å². The van der Waals surface area contributed by atoms with E-state index in [1.165, 1.54) is 5.69 Å². The highest BCUT2D eigenvalue weighted by Crippen LogP contribution is 2.22. The van der Waals surface area contributed by atoms with Crippen molar-refractivity contribution in [2.75, 3.05) is 51.8 Å². The topological polar surface area (TPSA) is 49.2 Å². The van der Waals surface area contributed by atoms with Crippen LogP contribution in [0.2, 0.25) is 0 Å². The van der Waals surface area contributed by atoms with Gasteiger partial charge in [0.05, 0.1) is 26.5 Å². The fourth-order valence-electron chi connectivity index (χ4n) is 3.01. The summed E-state index contributed by atoms with van der Waals surface area (Å²) < 4.78 is 10.6. The van der Waals surface area contributed by atoms with Crippen molar-refractivity contribution in [3.8, 4) is 5.75 Å². The van der Waals surface area contributed by atoms with Gasteiger partial charge in [-0.2, -0.15) is 0 Å². The van der Waals surface area contributed by atoms with Gasteiger partial charge in [-0.25, -0.2) is 0 Å². The Balaban J connectivity index is 1.47. The molecule has 1 amide bonds. The van der Waals surface area contributed by atoms with Crippen LogP contribution >= 0.6 is 0 Å². The molecule has 3 rings (SSSR count). The van der Waals surface area contributed by atoms with Gasteiger partial charge >= 0.3 is 0 Å². The summed E-state index contributed by atoms with van der Waals surface area (Å²) in [5, 5.41) is 0. The van der Waals surface area contributed by atoms with Gasteiger partial charge in [0.25, 0.3) is 0 Å². The number of nitrogens with zero attached hydrogens (tertiary/aromatic N) is 3. The molecule has 1 saturated heterocycles. The van der Waals surface area contributed by atoms with Gasteiger partial charge in [-0.05, 0) is 24.3 Å². The molecular weight excluding hydrogens is 318 g/mol. The van der Waals surface area contributed by atoms with Gasteiger partial charge in [0.15, 0.2) is 0 Å². The summed E-state index contributed by atoms with van der Waals surface area (Å²) in [7, 11) is 3.50. The Labute approximate surface area is 148 Å². The van der Waals surface area contributed by atoms with Crippen molar-refractivity contribution >= 4 is 11.6 Å². The van der Waals surface area contributed by atoms with E-state index >= 15 is 0 Å². The first-order valence-corrected chi connectivity index (χ1v) is 8.53. The Bertz CT molecular complexity index is 679. The second kappa shape index (κ2) is 8.07. The zero-order valence-corrected chi connectivity index (χ0v) is 14.9. The van der Waals surface area contributed by atoms with Gasteiger partial charge in [0, 0.05) is 45.0 Å². The molecule has 2 aromatic rings. The van der Waals surface area contributed by atoms with Crippen LogP contribution < -0.4 is 9.64 Å². The number of furan rings is 1. The third-order valence-electron chi connectivity index (χ3n) is 4.55. The molecule has 0 radical (unpaired) electrons. The molecule has 0 atom stereocenters. The maximum atomic E-state index is 12.4. The Morgan fingerprint density at radius 2 is 2.00 bits per heavy atom. The number of rotatable bonds is 6. The summed E-state index contributed by atoms with van der Waals surface area (Å²) in [6.07, 6.45) is 1.63. The Morgan fingerprint density at radius 3 is 2.68 bits per heavy atom. The molecule has 6 heteroatoms. The largest absolute Gasteiger partial charge is 0.497 e. The summed E-state index contributed by atoms with van der Waals surface area (Å²) >= 11 is 0. The number of hydrogen-bond donors (Lipinski definition) is 0. The van der Waals surface area contributed by atoms with Gasteiger partial charge < -0.3 is 19.0 Å². The van der Waals surface area contributed by atoms with E-state index in [4.69, 9.17) is 9.15 Å². The summed E-state index contributed by atoms with van der Waals surface area (Å²) in [5.74, 6) is 1.79. The third kappa shape index (κ3) is 4.54. The van der Waals surface area contributed by atoms with Crippen molar-refractivity contribution in [3.05, 3.63) is 48.4 Å². The standard InChI is InChI=1S/C19H25N3O3/c1-20(14-18-7-4-12-25-18)19(23)15-21-8-10-22(11-9-21)16-5-3-6-17(13-16)24-2/h3-7,12-13H,8-11,14-15H2,1-2H3. The van der Waals surface area contributed by atoms with Crippen LogP contribution in [-0.4, -0.2) is 62.6 Å². The van der Waals surface area contributed by atoms with Gasteiger partial charge in [-0.1, -0.05) is 6.07 Å². The number of carbonyl (C=O) groups is 1. The number of ether oxygens (including phenoxy) is 1. The number of anilines is 1. The lowest BCUT2D eigenvalue weighted by molar-refractivity contribution is -0.131. The zero-order valence-electron chi connectivity index (χ0n) is 14.9. The molecule has 0 bridgehead atoms. The fourth-order valence-corrected chi connectivity index (χ4v) is 3.01. The fraction of sp³-hybridized carbons (Fsp3) is 0.421. The zero-order chi connectivity index (χ0) is 17.6. The second-order valence-corrected chi connectivity index (χ2v) is 6.29. The van der Waals surface area contributed by atoms with E-state index in [0.29, 0.717) is 13.1 Å². The molecule has 0 N–H and O–H groups in total. The molecule has 25 heavy (non-hydrogen) atoms. The second-order valence-electron chi connectivity index (χ2n) is 6.29. The number of amides is 1. The average Bonchev–Trinajstić information content (AvgIpc) is 3.15. The summed E-state index contributed by atoms with van der Waals surface area (Å²) in [4.78, 5) is 18.6. The lowest BCUT2D eigenvalue weighted by atomic mass is 10.2. The van der Waals surface area contributed by atoms with Crippen LogP contribution in [-0.2, 0) is 11.3 Å². The van der Waals surface area contributed by atoms with Crippen molar-refractivity contribution in [1.29, 1.82) is 0 Å². The Hall–Kier alpha value is -2.47. The molecule has 134 valence electrons. The first kappa shape index (κ1) is 17.4. The maximum Gasteiger partial charge on any atom is 0.236 e. The quantitative estimate of drug-likeness (QED) is 0.804. The van der Waals surface area contributed by atoms with Crippen molar-refractivity contribution in [1.82, 2.24) is 9.80 Å². The maximum absolute atomic E-state index is 12.4. The van der Waals surface area contributed by atoms with E-state index in [9.17, 15) is 4.79 Å². The molecule has 2 heterocycles. The number of benzene rings is 1. The Morgan fingerprint density at radius 1 is 1.20 bits per heavy atom. The highest BCUT2D eigenvalue weighted by Gasteiger charge is 2.21. The summed E-state index contributed by atoms with van der Waals surface area (Å²) in [6, 6.07) is 11.8. The number of hydrogen-bond acceptors (Lipinski definition) is 5. The number of methoxy groups -OCH3 is 1. The van der Waals surface area contributed by atoms with Gasteiger partial charge in [-0.15, -0.1) is 0 Å². The number of likely N-dealkylation sites (N-methyl/N-ethyl adjacent to an activating group) is 1. The lowest BCUT2D eigenvalue weighted by Gasteiger charge is -2.36. The van der Waals surface area contributed by atoms with Crippen LogP contribution in [0, 0.1) is 0 Å². The minimum atomic E-state index is 0.117. The van der Waals surface area contributed by atoms with Crippen molar-refractivity contribution < 1.29 is 13.9 Å². The SMILES string of the molecule is COc1cccc(N2CCN(CC(=O)N(C)Cc3ccco3)CC2)c1. The van der Waals surface area contributed by atoms with E-state index in [0.717, 1.165) is 37.7 Å². The molecule has 1 aliphatic heterocycles. The minimum absolute atomic E-state index is 0.117. The highest BCUT2D eigenvalue weighted by molar-refractivity contribution is 5.78. The van der Waals surface area contributed by atoms with E-state index in [2.05, 4.69) is 21.9 Å². The highest BCUT2D eigenvalue weighted by atomic mass is 16.5. The molecular formula is C19H25N3O3. The molecule has 0 spiro atoms. The van der Waals surface area contributed by atoms with Crippen LogP contribution in [0.25, 0.3) is 0 Å². The van der Waals surface area contributed by atoms with Gasteiger partial charge in [0.2, 0.25) is 5.91 Å². The smallest absolute Gasteiger partial charge is 0.236 e. The third-order valence-corrected chi connectivity index (χ3v) is 4.55. The first-order valence-electron chi connectivity index (χ1n) is 8.53. The van der Waals surface area contributed by atoms with Crippen molar-refractivity contribution in [2.24, 2.45) is 0 Å². The van der Waals surface area contributed by atoms with Crippen LogP contribution in [0.4, 0.5) is 5.69 Å². The monoisotopic (exact) mass is 343 g/mol. The van der Waals surface area contributed by atoms with E-state index in [1.54, 1.807) is 18.3 Å². The number of carbonyl (C=O) groups excluding carboxylic acids is 1. The van der Waals surface area contributed by atoms with Crippen LogP contribution in [0.5, 0.6) is 5.75 Å². The summed E-state index contributed by atoms with van der Waals surface area (Å²) in [5.41, 5.74) is 1.17. The van der Waals surface area contributed by atoms with Crippen LogP contribution in [0.15, 0.2) is 47.1 Å². The van der Waals surface area contributed by atoms with E-state index in [1.807, 2.05) is 31.3 Å². The number of piperazine rings is 1. The van der Waals surface area contributed by atoms with E-state index in [-0.39, 0.29) is 5.91 Å². The van der Waals surface area contributed by atoms with Gasteiger partial charge in [0.1, 0.15) is 11.5 Å². The van der Waals surface area contributed by atoms with Crippen molar-refractivity contribution in [2.45, 2.75) is 6.54 Å². The van der Waals surface area contributed by atoms with Crippen LogP contribution in [0.1, 0.15) is 5.76 Å². The normalized spacial score (nSPS) is 15.2. The predicted molar refractivity (Wildman–Crippen MR) is 96.8 cm³/mol.